The maximum atomic E-state index is 13.3. The van der Waals surface area contributed by atoms with Crippen molar-refractivity contribution >= 4 is 28.3 Å². The van der Waals surface area contributed by atoms with Gasteiger partial charge in [-0.05, 0) is 39.0 Å². The zero-order valence-corrected chi connectivity index (χ0v) is 17.8. The van der Waals surface area contributed by atoms with E-state index < -0.39 is 0 Å². The van der Waals surface area contributed by atoms with Gasteiger partial charge in [0.15, 0.2) is 5.13 Å². The standard InChI is InChI=1S/C21H32N4O2S/c1-16-15-28-21(22-16)24-11-6-10-23(13-14-24)20(27)18-9-5-12-25(18)19(26)17-7-3-2-4-8-17/h15,17-18H,2-14H2,1H3. The smallest absolute Gasteiger partial charge is 0.245 e. The second-order valence-corrected chi connectivity index (χ2v) is 9.30. The molecule has 1 aliphatic carbocycles. The third-order valence-electron chi connectivity index (χ3n) is 6.46. The van der Waals surface area contributed by atoms with Crippen LogP contribution in [0.25, 0.3) is 0 Å². The number of nitrogens with zero attached hydrogens (tertiary/aromatic N) is 4. The lowest BCUT2D eigenvalue weighted by Gasteiger charge is -2.33. The van der Waals surface area contributed by atoms with Gasteiger partial charge in [-0.2, -0.15) is 0 Å². The number of carbonyl (C=O) groups is 2. The van der Waals surface area contributed by atoms with Crippen LogP contribution in [0.4, 0.5) is 5.13 Å². The lowest BCUT2D eigenvalue weighted by atomic mass is 9.88. The molecule has 0 aromatic carbocycles. The van der Waals surface area contributed by atoms with E-state index in [9.17, 15) is 9.59 Å². The van der Waals surface area contributed by atoms with E-state index in [1.807, 2.05) is 16.7 Å². The van der Waals surface area contributed by atoms with Crippen molar-refractivity contribution in [3.63, 3.8) is 0 Å². The molecule has 1 aromatic rings. The molecule has 3 fully saturated rings. The van der Waals surface area contributed by atoms with E-state index in [0.717, 1.165) is 88.5 Å². The van der Waals surface area contributed by atoms with Crippen molar-refractivity contribution in [2.24, 2.45) is 5.92 Å². The first kappa shape index (κ1) is 19.7. The van der Waals surface area contributed by atoms with Crippen LogP contribution in [-0.4, -0.2) is 65.4 Å². The molecule has 1 unspecified atom stereocenters. The Bertz CT molecular complexity index is 700. The third kappa shape index (κ3) is 4.19. The molecule has 154 valence electrons. The molecule has 1 atom stereocenters. The number of rotatable bonds is 3. The van der Waals surface area contributed by atoms with Gasteiger partial charge in [0.1, 0.15) is 6.04 Å². The Morgan fingerprint density at radius 1 is 0.929 bits per heavy atom. The van der Waals surface area contributed by atoms with Gasteiger partial charge in [0, 0.05) is 44.0 Å². The molecule has 0 radical (unpaired) electrons. The van der Waals surface area contributed by atoms with Crippen LogP contribution < -0.4 is 4.90 Å². The van der Waals surface area contributed by atoms with E-state index in [2.05, 4.69) is 15.3 Å². The Morgan fingerprint density at radius 2 is 1.75 bits per heavy atom. The summed E-state index contributed by atoms with van der Waals surface area (Å²) in [6, 6.07) is -0.233. The van der Waals surface area contributed by atoms with Gasteiger partial charge in [-0.25, -0.2) is 4.98 Å². The van der Waals surface area contributed by atoms with Crippen LogP contribution in [0.5, 0.6) is 0 Å². The number of anilines is 1. The fourth-order valence-electron chi connectivity index (χ4n) is 4.90. The summed E-state index contributed by atoms with van der Waals surface area (Å²) in [5.74, 6) is 0.555. The Morgan fingerprint density at radius 3 is 2.50 bits per heavy atom. The number of aryl methyl sites for hydroxylation is 1. The first-order valence-corrected chi connectivity index (χ1v) is 11.8. The van der Waals surface area contributed by atoms with Gasteiger partial charge >= 0.3 is 0 Å². The minimum absolute atomic E-state index is 0.148. The minimum atomic E-state index is -0.233. The number of aromatic nitrogens is 1. The Labute approximate surface area is 171 Å². The zero-order valence-electron chi connectivity index (χ0n) is 16.9. The van der Waals surface area contributed by atoms with E-state index in [1.54, 1.807) is 11.3 Å². The van der Waals surface area contributed by atoms with Crippen molar-refractivity contribution < 1.29 is 9.59 Å². The minimum Gasteiger partial charge on any atom is -0.346 e. The average Bonchev–Trinajstić information content (AvgIpc) is 3.31. The van der Waals surface area contributed by atoms with E-state index in [-0.39, 0.29) is 23.8 Å². The second kappa shape index (κ2) is 8.80. The molecule has 2 amide bonds. The van der Waals surface area contributed by atoms with Gasteiger partial charge in [0.2, 0.25) is 11.8 Å². The maximum absolute atomic E-state index is 13.3. The van der Waals surface area contributed by atoms with Gasteiger partial charge in [-0.15, -0.1) is 11.3 Å². The number of amides is 2. The first-order valence-electron chi connectivity index (χ1n) is 10.9. The summed E-state index contributed by atoms with van der Waals surface area (Å²) in [5.41, 5.74) is 1.06. The molecule has 3 aliphatic rings. The molecule has 7 heteroatoms. The molecule has 0 spiro atoms. The van der Waals surface area contributed by atoms with Gasteiger partial charge in [-0.3, -0.25) is 9.59 Å². The highest BCUT2D eigenvalue weighted by atomic mass is 32.1. The highest BCUT2D eigenvalue weighted by Gasteiger charge is 2.39. The zero-order chi connectivity index (χ0) is 19.5. The van der Waals surface area contributed by atoms with Gasteiger partial charge in [0.25, 0.3) is 0 Å². The lowest BCUT2D eigenvalue weighted by Crippen LogP contribution is -2.50. The predicted octanol–water partition coefficient (Wildman–Crippen LogP) is 3.06. The van der Waals surface area contributed by atoms with E-state index in [1.165, 1.54) is 6.42 Å². The molecule has 0 bridgehead atoms. The van der Waals surface area contributed by atoms with Crippen LogP contribution >= 0.6 is 11.3 Å². The molecule has 1 saturated carbocycles. The molecule has 28 heavy (non-hydrogen) atoms. The SMILES string of the molecule is Cc1csc(N2CCCN(C(=O)C3CCCN3C(=O)C3CCCCC3)CC2)n1. The molecule has 2 aliphatic heterocycles. The summed E-state index contributed by atoms with van der Waals surface area (Å²) in [7, 11) is 0. The number of carbonyl (C=O) groups excluding carboxylic acids is 2. The molecule has 1 aromatic heterocycles. The molecule has 4 rings (SSSR count). The number of thiazole rings is 1. The molecule has 0 N–H and O–H groups in total. The van der Waals surface area contributed by atoms with Crippen LogP contribution in [0.1, 0.15) is 57.1 Å². The maximum Gasteiger partial charge on any atom is 0.245 e. The Balaban J connectivity index is 1.38. The molecule has 6 nitrogen and oxygen atoms in total. The topological polar surface area (TPSA) is 56.8 Å². The number of likely N-dealkylation sites (tertiary alicyclic amines) is 1. The molecule has 3 heterocycles. The highest BCUT2D eigenvalue weighted by Crippen LogP contribution is 2.30. The van der Waals surface area contributed by atoms with E-state index in [0.29, 0.717) is 0 Å². The normalized spacial score (nSPS) is 24.5. The van der Waals surface area contributed by atoms with Gasteiger partial charge in [-0.1, -0.05) is 19.3 Å². The first-order chi connectivity index (χ1) is 13.6. The second-order valence-electron chi connectivity index (χ2n) is 8.46. The fraction of sp³-hybridized carbons (Fsp3) is 0.762. The summed E-state index contributed by atoms with van der Waals surface area (Å²) in [4.78, 5) is 37.2. The monoisotopic (exact) mass is 404 g/mol. The molecular formula is C21H32N4O2S. The van der Waals surface area contributed by atoms with Crippen LogP contribution in [0.15, 0.2) is 5.38 Å². The van der Waals surface area contributed by atoms with Crippen LogP contribution in [0.3, 0.4) is 0 Å². The van der Waals surface area contributed by atoms with E-state index >= 15 is 0 Å². The van der Waals surface area contributed by atoms with E-state index in [4.69, 9.17) is 0 Å². The number of hydrogen-bond donors (Lipinski definition) is 0. The van der Waals surface area contributed by atoms with Crippen LogP contribution in [-0.2, 0) is 9.59 Å². The summed E-state index contributed by atoms with van der Waals surface area (Å²) >= 11 is 1.68. The summed E-state index contributed by atoms with van der Waals surface area (Å²) in [6.07, 6.45) is 8.28. The summed E-state index contributed by atoms with van der Waals surface area (Å²) in [6.45, 7) is 6.03. The Hall–Kier alpha value is -1.63. The highest BCUT2D eigenvalue weighted by molar-refractivity contribution is 7.13. The summed E-state index contributed by atoms with van der Waals surface area (Å²) in [5, 5.41) is 3.14. The fourth-order valence-corrected chi connectivity index (χ4v) is 5.75. The van der Waals surface area contributed by atoms with Crippen molar-refractivity contribution in [2.45, 2.75) is 64.3 Å². The van der Waals surface area contributed by atoms with Crippen molar-refractivity contribution in [2.75, 3.05) is 37.6 Å². The van der Waals surface area contributed by atoms with Crippen molar-refractivity contribution in [3.8, 4) is 0 Å². The lowest BCUT2D eigenvalue weighted by molar-refractivity contribution is -0.146. The molecular weight excluding hydrogens is 372 g/mol. The quantitative estimate of drug-likeness (QED) is 0.777. The van der Waals surface area contributed by atoms with Crippen LogP contribution in [0, 0.1) is 12.8 Å². The van der Waals surface area contributed by atoms with Crippen molar-refractivity contribution in [1.29, 1.82) is 0 Å². The van der Waals surface area contributed by atoms with Crippen molar-refractivity contribution in [3.05, 3.63) is 11.1 Å². The summed E-state index contributed by atoms with van der Waals surface area (Å²) < 4.78 is 0. The predicted molar refractivity (Wildman–Crippen MR) is 112 cm³/mol. The Kier molecular flexibility index (Phi) is 6.19. The van der Waals surface area contributed by atoms with Gasteiger partial charge in [0.05, 0.1) is 5.69 Å². The van der Waals surface area contributed by atoms with Crippen molar-refractivity contribution in [1.82, 2.24) is 14.8 Å². The van der Waals surface area contributed by atoms with Crippen LogP contribution in [0.2, 0.25) is 0 Å². The molecule has 2 saturated heterocycles. The third-order valence-corrected chi connectivity index (χ3v) is 7.48. The largest absolute Gasteiger partial charge is 0.346 e. The average molecular weight is 405 g/mol. The van der Waals surface area contributed by atoms with Gasteiger partial charge < -0.3 is 14.7 Å². The number of hydrogen-bond acceptors (Lipinski definition) is 5.